The van der Waals surface area contributed by atoms with Crippen LogP contribution in [0, 0.1) is 0 Å². The van der Waals surface area contributed by atoms with Crippen molar-refractivity contribution < 1.29 is 14.6 Å². The number of hydrogen-bond donors (Lipinski definition) is 1. The molecule has 4 heteroatoms. The Morgan fingerprint density at radius 1 is 1.54 bits per heavy atom. The molecule has 1 N–H and O–H groups in total. The van der Waals surface area contributed by atoms with Crippen LogP contribution in [0.25, 0.3) is 12.0 Å². The lowest BCUT2D eigenvalue weighted by Gasteiger charge is -2.09. The first-order valence-corrected chi connectivity index (χ1v) is 3.89. The van der Waals surface area contributed by atoms with Gasteiger partial charge in [-0.25, -0.2) is 0 Å². The van der Waals surface area contributed by atoms with Crippen molar-refractivity contribution in [1.29, 1.82) is 0 Å². The van der Waals surface area contributed by atoms with E-state index in [9.17, 15) is 0 Å². The number of ether oxygens (including phenoxy) is 2. The molecule has 4 nitrogen and oxygen atoms in total. The molecule has 0 saturated heterocycles. The van der Waals surface area contributed by atoms with Crippen LogP contribution < -0.4 is 10.4 Å². The number of rotatable bonds is 0. The Balaban J connectivity index is 2.72. The van der Waals surface area contributed by atoms with Crippen molar-refractivity contribution in [3.63, 3.8) is 0 Å². The van der Waals surface area contributed by atoms with Crippen molar-refractivity contribution in [2.24, 2.45) is 0 Å². The molecule has 0 radical (unpaired) electrons. The standard InChI is InChI=1S/C9H9NO3/c1-6-8-4-10-3-2-7(8)5-12-9(11)13-6/h2-5,9,11H,1H3. The zero-order valence-corrected chi connectivity index (χ0v) is 7.10. The number of nitrogens with zero attached hydrogens (tertiary/aromatic N) is 1. The molecule has 0 saturated carbocycles. The second kappa shape index (κ2) is 3.06. The van der Waals surface area contributed by atoms with Crippen LogP contribution in [-0.2, 0) is 9.47 Å². The molecule has 1 unspecified atom stereocenters. The Labute approximate surface area is 74.7 Å². The van der Waals surface area contributed by atoms with Gasteiger partial charge < -0.3 is 14.6 Å². The summed E-state index contributed by atoms with van der Waals surface area (Å²) < 4.78 is 9.88. The van der Waals surface area contributed by atoms with E-state index in [-0.39, 0.29) is 0 Å². The summed E-state index contributed by atoms with van der Waals surface area (Å²) in [5, 5.41) is 10.8. The Hall–Kier alpha value is -1.55. The maximum Gasteiger partial charge on any atom is 0.357 e. The highest BCUT2D eigenvalue weighted by atomic mass is 16.8. The highest BCUT2D eigenvalue weighted by Gasteiger charge is 2.08. The number of fused-ring (bicyclic) bond motifs is 1. The first kappa shape index (κ1) is 8.07. The Morgan fingerprint density at radius 2 is 2.38 bits per heavy atom. The highest BCUT2D eigenvalue weighted by Crippen LogP contribution is 2.01. The maximum atomic E-state index is 9.11. The molecule has 0 spiro atoms. The van der Waals surface area contributed by atoms with Crippen LogP contribution in [0.15, 0.2) is 18.5 Å². The molecular formula is C9H9NO3. The van der Waals surface area contributed by atoms with Gasteiger partial charge in [0.15, 0.2) is 0 Å². The quantitative estimate of drug-likeness (QED) is 0.570. The maximum absolute atomic E-state index is 9.11. The zero-order chi connectivity index (χ0) is 9.26. The fourth-order valence-electron chi connectivity index (χ4n) is 1.18. The fraction of sp³-hybridized carbons (Fsp3) is 0.222. The minimum absolute atomic E-state index is 0.601. The summed E-state index contributed by atoms with van der Waals surface area (Å²) in [6.07, 6.45) is 4.78. The van der Waals surface area contributed by atoms with E-state index in [0.29, 0.717) is 5.76 Å². The van der Waals surface area contributed by atoms with Gasteiger partial charge in [-0.3, -0.25) is 4.98 Å². The summed E-state index contributed by atoms with van der Waals surface area (Å²) in [6, 6.07) is 1.79. The largest absolute Gasteiger partial charge is 0.440 e. The van der Waals surface area contributed by atoms with Gasteiger partial charge >= 0.3 is 6.48 Å². The van der Waals surface area contributed by atoms with E-state index >= 15 is 0 Å². The summed E-state index contributed by atoms with van der Waals surface area (Å²) in [4.78, 5) is 3.96. The molecule has 13 heavy (non-hydrogen) atoms. The molecular weight excluding hydrogens is 170 g/mol. The third-order valence-corrected chi connectivity index (χ3v) is 1.82. The second-order valence-corrected chi connectivity index (χ2v) is 2.70. The average molecular weight is 179 g/mol. The van der Waals surface area contributed by atoms with Crippen molar-refractivity contribution in [3.05, 3.63) is 28.9 Å². The van der Waals surface area contributed by atoms with Crippen LogP contribution in [-0.4, -0.2) is 16.6 Å². The number of aromatic nitrogens is 1. The van der Waals surface area contributed by atoms with Gasteiger partial charge in [-0.2, -0.15) is 0 Å². The average Bonchev–Trinajstić information content (AvgIpc) is 2.27. The summed E-state index contributed by atoms with van der Waals surface area (Å²) in [5.74, 6) is 0.601. The van der Waals surface area contributed by atoms with E-state index < -0.39 is 6.48 Å². The van der Waals surface area contributed by atoms with Crippen LogP contribution in [0.3, 0.4) is 0 Å². The summed E-state index contributed by atoms with van der Waals surface area (Å²) in [6.45, 7) is 0.527. The van der Waals surface area contributed by atoms with Crippen LogP contribution in [0.5, 0.6) is 0 Å². The molecule has 68 valence electrons. The van der Waals surface area contributed by atoms with E-state index in [2.05, 4.69) is 4.98 Å². The molecule has 1 atom stereocenters. The van der Waals surface area contributed by atoms with Gasteiger partial charge in [0.05, 0.1) is 6.26 Å². The molecule has 2 rings (SSSR count). The molecule has 0 aromatic carbocycles. The number of aliphatic hydroxyl groups is 1. The van der Waals surface area contributed by atoms with Crippen molar-refractivity contribution in [2.45, 2.75) is 13.4 Å². The Bertz CT molecular complexity index is 427. The summed E-state index contributed by atoms with van der Waals surface area (Å²) in [7, 11) is 0. The Kier molecular flexibility index (Phi) is 1.90. The van der Waals surface area contributed by atoms with Gasteiger partial charge in [0.2, 0.25) is 0 Å². The molecule has 0 amide bonds. The molecule has 2 heterocycles. The van der Waals surface area contributed by atoms with E-state index in [1.165, 1.54) is 6.26 Å². The van der Waals surface area contributed by atoms with E-state index in [0.717, 1.165) is 10.4 Å². The number of hydrogen-bond acceptors (Lipinski definition) is 4. The molecule has 1 aromatic heterocycles. The van der Waals surface area contributed by atoms with E-state index in [1.54, 1.807) is 25.4 Å². The van der Waals surface area contributed by atoms with E-state index in [4.69, 9.17) is 14.6 Å². The molecule has 1 aliphatic rings. The molecule has 0 bridgehead atoms. The van der Waals surface area contributed by atoms with Crippen molar-refractivity contribution >= 4 is 12.0 Å². The van der Waals surface area contributed by atoms with Crippen LogP contribution in [0.1, 0.15) is 6.92 Å². The molecule has 0 aliphatic carbocycles. The van der Waals surface area contributed by atoms with Crippen molar-refractivity contribution in [1.82, 2.24) is 4.98 Å². The minimum atomic E-state index is -1.23. The molecule has 1 aliphatic heterocycles. The fourth-order valence-corrected chi connectivity index (χ4v) is 1.18. The van der Waals surface area contributed by atoms with E-state index in [1.807, 2.05) is 0 Å². The Morgan fingerprint density at radius 3 is 3.23 bits per heavy atom. The highest BCUT2D eigenvalue weighted by molar-refractivity contribution is 5.35. The lowest BCUT2D eigenvalue weighted by Crippen LogP contribution is -2.26. The predicted octanol–water partition coefficient (Wildman–Crippen LogP) is -0.730. The monoisotopic (exact) mass is 179 g/mol. The van der Waals surface area contributed by atoms with Gasteiger partial charge in [-0.05, 0) is 13.0 Å². The van der Waals surface area contributed by atoms with Gasteiger partial charge in [0.1, 0.15) is 5.76 Å². The van der Waals surface area contributed by atoms with Crippen LogP contribution in [0.2, 0.25) is 0 Å². The van der Waals surface area contributed by atoms with Gasteiger partial charge in [0, 0.05) is 22.8 Å². The lowest BCUT2D eigenvalue weighted by molar-refractivity contribution is -0.188. The first-order valence-electron chi connectivity index (χ1n) is 3.89. The smallest absolute Gasteiger partial charge is 0.357 e. The SMILES string of the molecule is CC1=c2cnccc2=COC(O)O1. The summed E-state index contributed by atoms with van der Waals surface area (Å²) in [5.41, 5.74) is 0. The third kappa shape index (κ3) is 1.48. The van der Waals surface area contributed by atoms with Gasteiger partial charge in [-0.15, -0.1) is 0 Å². The number of pyridine rings is 1. The normalized spacial score (nSPS) is 20.5. The lowest BCUT2D eigenvalue weighted by atomic mass is 10.3. The number of aliphatic hydroxyl groups excluding tert-OH is 1. The molecule has 0 fully saturated rings. The molecule has 1 aromatic rings. The van der Waals surface area contributed by atoms with Crippen LogP contribution in [0.4, 0.5) is 0 Å². The first-order chi connectivity index (χ1) is 6.27. The second-order valence-electron chi connectivity index (χ2n) is 2.70. The predicted molar refractivity (Wildman–Crippen MR) is 45.2 cm³/mol. The third-order valence-electron chi connectivity index (χ3n) is 1.82. The van der Waals surface area contributed by atoms with Crippen LogP contribution >= 0.6 is 0 Å². The summed E-state index contributed by atoms with van der Waals surface area (Å²) >= 11 is 0. The van der Waals surface area contributed by atoms with Crippen molar-refractivity contribution in [2.75, 3.05) is 0 Å². The van der Waals surface area contributed by atoms with Gasteiger partial charge in [-0.1, -0.05) is 0 Å². The minimum Gasteiger partial charge on any atom is -0.440 e. The van der Waals surface area contributed by atoms with Crippen molar-refractivity contribution in [3.8, 4) is 0 Å². The zero-order valence-electron chi connectivity index (χ0n) is 7.10. The topological polar surface area (TPSA) is 51.6 Å². The van der Waals surface area contributed by atoms with Gasteiger partial charge in [0.25, 0.3) is 0 Å².